The fourth-order valence-corrected chi connectivity index (χ4v) is 2.18. The van der Waals surface area contributed by atoms with Crippen LogP contribution in [0.5, 0.6) is 5.75 Å². The first-order valence-corrected chi connectivity index (χ1v) is 7.20. The van der Waals surface area contributed by atoms with Crippen molar-refractivity contribution >= 4 is 22.0 Å². The minimum Gasteiger partial charge on any atom is -0.491 e. The summed E-state index contributed by atoms with van der Waals surface area (Å²) in [6.45, 7) is 0.899. The number of halogens is 1. The predicted molar refractivity (Wildman–Crippen MR) is 82.3 cm³/mol. The summed E-state index contributed by atoms with van der Waals surface area (Å²) in [6, 6.07) is 11.1. The lowest BCUT2D eigenvalue weighted by atomic mass is 10.2. The summed E-state index contributed by atoms with van der Waals surface area (Å²) < 4.78 is 6.44. The zero-order valence-corrected chi connectivity index (χ0v) is 12.9. The van der Waals surface area contributed by atoms with Crippen molar-refractivity contribution in [1.29, 1.82) is 0 Å². The predicted octanol–water partition coefficient (Wildman–Crippen LogP) is 3.40. The number of rotatable bonds is 6. The normalized spacial score (nSPS) is 10.1. The van der Waals surface area contributed by atoms with Crippen molar-refractivity contribution in [3.63, 3.8) is 0 Å². The lowest BCUT2D eigenvalue weighted by molar-refractivity contribution is 0.132. The smallest absolute Gasteiger partial charge is 0.407 e. The third kappa shape index (κ3) is 4.75. The maximum atomic E-state index is 11.3. The van der Waals surface area contributed by atoms with Crippen LogP contribution >= 0.6 is 15.9 Å². The van der Waals surface area contributed by atoms with Crippen LogP contribution in [0.1, 0.15) is 5.56 Å². The molecule has 0 bridgehead atoms. The molecule has 0 radical (unpaired) electrons. The number of pyridine rings is 1. The Balaban J connectivity index is 1.89. The molecule has 0 unspecified atom stereocenters. The molecule has 0 saturated heterocycles. The van der Waals surface area contributed by atoms with Crippen LogP contribution in [0.3, 0.4) is 0 Å². The van der Waals surface area contributed by atoms with E-state index in [1.165, 1.54) is 4.90 Å². The molecule has 0 fully saturated rings. The van der Waals surface area contributed by atoms with Crippen LogP contribution in [0.25, 0.3) is 0 Å². The van der Waals surface area contributed by atoms with E-state index in [1.807, 2.05) is 24.3 Å². The second kappa shape index (κ2) is 7.64. The summed E-state index contributed by atoms with van der Waals surface area (Å²) in [5.74, 6) is 0.701. The molecule has 0 aliphatic heterocycles. The van der Waals surface area contributed by atoms with Crippen molar-refractivity contribution in [3.8, 4) is 5.75 Å². The first-order chi connectivity index (χ1) is 10.2. The Labute approximate surface area is 131 Å². The number of hydrogen-bond acceptors (Lipinski definition) is 3. The van der Waals surface area contributed by atoms with Gasteiger partial charge in [-0.2, -0.15) is 0 Å². The summed E-state index contributed by atoms with van der Waals surface area (Å²) >= 11 is 3.38. The largest absolute Gasteiger partial charge is 0.491 e. The highest BCUT2D eigenvalue weighted by atomic mass is 79.9. The fraction of sp³-hybridized carbons (Fsp3) is 0.200. The van der Waals surface area contributed by atoms with Crippen LogP contribution < -0.4 is 4.74 Å². The van der Waals surface area contributed by atoms with Gasteiger partial charge in [-0.1, -0.05) is 12.1 Å². The van der Waals surface area contributed by atoms with Gasteiger partial charge in [0.1, 0.15) is 12.4 Å². The molecule has 21 heavy (non-hydrogen) atoms. The Morgan fingerprint density at radius 2 is 1.95 bits per heavy atom. The number of benzene rings is 1. The molecule has 2 aromatic rings. The van der Waals surface area contributed by atoms with Gasteiger partial charge in [-0.15, -0.1) is 0 Å². The van der Waals surface area contributed by atoms with E-state index in [0.717, 1.165) is 10.0 Å². The number of amides is 1. The molecule has 5 nitrogen and oxygen atoms in total. The first-order valence-electron chi connectivity index (χ1n) is 6.41. The molecule has 0 aliphatic carbocycles. The summed E-state index contributed by atoms with van der Waals surface area (Å²) in [5.41, 5.74) is 0.897. The van der Waals surface area contributed by atoms with Crippen LogP contribution in [0.15, 0.2) is 53.3 Å². The molecule has 0 spiro atoms. The lowest BCUT2D eigenvalue weighted by Crippen LogP contribution is -2.32. The number of carbonyl (C=O) groups is 1. The molecule has 1 aromatic carbocycles. The average molecular weight is 351 g/mol. The van der Waals surface area contributed by atoms with Gasteiger partial charge in [0.25, 0.3) is 0 Å². The van der Waals surface area contributed by atoms with Crippen molar-refractivity contribution in [2.45, 2.75) is 6.54 Å². The Morgan fingerprint density at radius 3 is 2.62 bits per heavy atom. The molecule has 1 heterocycles. The maximum absolute atomic E-state index is 11.3. The van der Waals surface area contributed by atoms with Gasteiger partial charge in [0.05, 0.1) is 11.0 Å². The van der Waals surface area contributed by atoms with Crippen molar-refractivity contribution < 1.29 is 14.6 Å². The zero-order chi connectivity index (χ0) is 15.1. The van der Waals surface area contributed by atoms with Crippen molar-refractivity contribution in [3.05, 3.63) is 58.8 Å². The minimum atomic E-state index is -0.970. The van der Waals surface area contributed by atoms with E-state index in [2.05, 4.69) is 20.9 Å². The molecular formula is C15H15BrN2O3. The molecule has 110 valence electrons. The number of para-hydroxylation sites is 1. The topological polar surface area (TPSA) is 62.7 Å². The van der Waals surface area contributed by atoms with E-state index in [4.69, 9.17) is 4.74 Å². The van der Waals surface area contributed by atoms with Gasteiger partial charge in [0.2, 0.25) is 0 Å². The Morgan fingerprint density at radius 1 is 1.24 bits per heavy atom. The standard InChI is InChI=1S/C15H15BrN2O3/c16-13-3-1-2-4-14(13)21-10-9-18(15(19)20)11-12-5-7-17-8-6-12/h1-8H,9-11H2,(H,19,20). The number of hydrogen-bond donors (Lipinski definition) is 1. The molecule has 1 N–H and O–H groups in total. The number of ether oxygens (including phenoxy) is 1. The summed E-state index contributed by atoms with van der Waals surface area (Å²) in [6.07, 6.45) is 2.32. The van der Waals surface area contributed by atoms with Gasteiger partial charge in [-0.05, 0) is 45.8 Å². The highest BCUT2D eigenvalue weighted by molar-refractivity contribution is 9.10. The Hall–Kier alpha value is -2.08. The molecule has 2 rings (SSSR count). The quantitative estimate of drug-likeness (QED) is 0.867. The van der Waals surface area contributed by atoms with Crippen molar-refractivity contribution in [2.75, 3.05) is 13.2 Å². The van der Waals surface area contributed by atoms with Crippen LogP contribution in [0.2, 0.25) is 0 Å². The first kappa shape index (κ1) is 15.3. The third-order valence-electron chi connectivity index (χ3n) is 2.85. The summed E-state index contributed by atoms with van der Waals surface area (Å²) in [4.78, 5) is 16.5. The highest BCUT2D eigenvalue weighted by Gasteiger charge is 2.12. The van der Waals surface area contributed by atoms with Crippen LogP contribution in [0, 0.1) is 0 Å². The van der Waals surface area contributed by atoms with Gasteiger partial charge in [0.15, 0.2) is 0 Å². The average Bonchev–Trinajstić information content (AvgIpc) is 2.49. The van der Waals surface area contributed by atoms with E-state index in [0.29, 0.717) is 25.4 Å². The molecule has 0 aliphatic rings. The van der Waals surface area contributed by atoms with E-state index >= 15 is 0 Å². The number of nitrogens with zero attached hydrogens (tertiary/aromatic N) is 2. The van der Waals surface area contributed by atoms with Gasteiger partial charge in [0, 0.05) is 18.9 Å². The Bertz CT molecular complexity index is 592. The monoisotopic (exact) mass is 350 g/mol. The molecule has 0 saturated carbocycles. The van der Waals surface area contributed by atoms with Crippen molar-refractivity contribution in [2.24, 2.45) is 0 Å². The third-order valence-corrected chi connectivity index (χ3v) is 3.50. The van der Waals surface area contributed by atoms with E-state index in [-0.39, 0.29) is 0 Å². The minimum absolute atomic E-state index is 0.291. The van der Waals surface area contributed by atoms with E-state index in [9.17, 15) is 9.90 Å². The van der Waals surface area contributed by atoms with Gasteiger partial charge >= 0.3 is 6.09 Å². The zero-order valence-electron chi connectivity index (χ0n) is 11.3. The molecule has 6 heteroatoms. The van der Waals surface area contributed by atoms with E-state index < -0.39 is 6.09 Å². The molecular weight excluding hydrogens is 336 g/mol. The Kier molecular flexibility index (Phi) is 5.57. The fourth-order valence-electron chi connectivity index (χ4n) is 1.78. The summed E-state index contributed by atoms with van der Waals surface area (Å²) in [5, 5.41) is 9.23. The van der Waals surface area contributed by atoms with Gasteiger partial charge < -0.3 is 14.7 Å². The molecule has 1 amide bonds. The number of aromatic nitrogens is 1. The second-order valence-corrected chi connectivity index (χ2v) is 5.19. The molecule has 1 aromatic heterocycles. The van der Waals surface area contributed by atoms with Crippen LogP contribution in [-0.2, 0) is 6.54 Å². The van der Waals surface area contributed by atoms with Gasteiger partial charge in [-0.3, -0.25) is 4.98 Å². The van der Waals surface area contributed by atoms with Crippen LogP contribution in [0.4, 0.5) is 4.79 Å². The van der Waals surface area contributed by atoms with E-state index in [1.54, 1.807) is 24.5 Å². The summed E-state index contributed by atoms with van der Waals surface area (Å²) in [7, 11) is 0. The van der Waals surface area contributed by atoms with Crippen molar-refractivity contribution in [1.82, 2.24) is 9.88 Å². The molecule has 0 atom stereocenters. The SMILES string of the molecule is O=C(O)N(CCOc1ccccc1Br)Cc1ccncc1. The maximum Gasteiger partial charge on any atom is 0.407 e. The number of carboxylic acid groups (broad SMARTS) is 1. The van der Waals surface area contributed by atoms with Gasteiger partial charge in [-0.25, -0.2) is 4.79 Å². The lowest BCUT2D eigenvalue weighted by Gasteiger charge is -2.19. The highest BCUT2D eigenvalue weighted by Crippen LogP contribution is 2.23. The van der Waals surface area contributed by atoms with Crippen LogP contribution in [-0.4, -0.2) is 34.2 Å². The second-order valence-electron chi connectivity index (χ2n) is 4.34.